The van der Waals surface area contributed by atoms with E-state index >= 15 is 0 Å². The molecule has 0 aromatic rings. The van der Waals surface area contributed by atoms with Crippen molar-refractivity contribution in [1.82, 2.24) is 0 Å². The Morgan fingerprint density at radius 2 is 1.79 bits per heavy atom. The molecule has 0 aromatic heterocycles. The van der Waals surface area contributed by atoms with Crippen LogP contribution in [0.1, 0.15) is 44.9 Å². The Morgan fingerprint density at radius 3 is 2.50 bits per heavy atom. The molecule has 1 spiro atoms. The monoisotopic (exact) mass is 197 g/mol. The SMILES string of the molecule is N[C@H]1CC[C@@H]2OC3(CCCCC3)O[C@H]21. The predicted octanol–water partition coefficient (Wildman–Crippen LogP) is 1.55. The van der Waals surface area contributed by atoms with Crippen molar-refractivity contribution in [2.75, 3.05) is 0 Å². The molecule has 3 nitrogen and oxygen atoms in total. The molecule has 2 aliphatic carbocycles. The van der Waals surface area contributed by atoms with E-state index in [2.05, 4.69) is 0 Å². The number of nitrogens with two attached hydrogens (primary N) is 1. The van der Waals surface area contributed by atoms with Crippen LogP contribution in [0.2, 0.25) is 0 Å². The summed E-state index contributed by atoms with van der Waals surface area (Å²) in [7, 11) is 0. The zero-order valence-electron chi connectivity index (χ0n) is 8.58. The van der Waals surface area contributed by atoms with E-state index in [1.54, 1.807) is 0 Å². The minimum atomic E-state index is -0.231. The molecule has 2 N–H and O–H groups in total. The minimum absolute atomic E-state index is 0.188. The number of fused-ring (bicyclic) bond motifs is 1. The molecule has 2 saturated carbocycles. The summed E-state index contributed by atoms with van der Waals surface area (Å²) in [6.45, 7) is 0. The van der Waals surface area contributed by atoms with Crippen molar-refractivity contribution in [1.29, 1.82) is 0 Å². The summed E-state index contributed by atoms with van der Waals surface area (Å²) in [5.41, 5.74) is 6.00. The van der Waals surface area contributed by atoms with Crippen molar-refractivity contribution >= 4 is 0 Å². The first kappa shape index (κ1) is 9.13. The molecule has 14 heavy (non-hydrogen) atoms. The van der Waals surface area contributed by atoms with Crippen molar-refractivity contribution in [3.63, 3.8) is 0 Å². The van der Waals surface area contributed by atoms with Crippen LogP contribution in [-0.4, -0.2) is 24.0 Å². The van der Waals surface area contributed by atoms with Crippen molar-refractivity contribution in [3.05, 3.63) is 0 Å². The highest BCUT2D eigenvalue weighted by Crippen LogP contribution is 2.44. The first-order chi connectivity index (χ1) is 6.79. The van der Waals surface area contributed by atoms with E-state index in [0.717, 1.165) is 25.7 Å². The van der Waals surface area contributed by atoms with E-state index < -0.39 is 0 Å². The van der Waals surface area contributed by atoms with Crippen LogP contribution in [0.15, 0.2) is 0 Å². The number of hydrogen-bond acceptors (Lipinski definition) is 3. The van der Waals surface area contributed by atoms with Gasteiger partial charge in [-0.15, -0.1) is 0 Å². The maximum absolute atomic E-state index is 6.08. The Labute approximate surface area is 84.9 Å². The highest BCUT2D eigenvalue weighted by Gasteiger charge is 2.52. The summed E-state index contributed by atoms with van der Waals surface area (Å²) in [6.07, 6.45) is 8.61. The maximum Gasteiger partial charge on any atom is 0.169 e. The second-order valence-electron chi connectivity index (χ2n) is 4.95. The molecule has 1 heterocycles. The van der Waals surface area contributed by atoms with Gasteiger partial charge in [0.25, 0.3) is 0 Å². The number of rotatable bonds is 0. The minimum Gasteiger partial charge on any atom is -0.344 e. The van der Waals surface area contributed by atoms with E-state index in [0.29, 0.717) is 6.10 Å². The number of hydrogen-bond donors (Lipinski definition) is 1. The van der Waals surface area contributed by atoms with Crippen LogP contribution in [0.3, 0.4) is 0 Å². The summed E-state index contributed by atoms with van der Waals surface area (Å²) in [6, 6.07) is 0.210. The lowest BCUT2D eigenvalue weighted by molar-refractivity contribution is -0.199. The number of ether oxygens (including phenoxy) is 2. The fraction of sp³-hybridized carbons (Fsp3) is 1.00. The Bertz CT molecular complexity index is 225. The molecule has 0 aromatic carbocycles. The van der Waals surface area contributed by atoms with E-state index in [9.17, 15) is 0 Å². The van der Waals surface area contributed by atoms with Crippen molar-refractivity contribution in [2.45, 2.75) is 69.0 Å². The average molecular weight is 197 g/mol. The van der Waals surface area contributed by atoms with Gasteiger partial charge in [-0.05, 0) is 25.7 Å². The van der Waals surface area contributed by atoms with Crippen molar-refractivity contribution in [2.24, 2.45) is 5.73 Å². The molecule has 3 heteroatoms. The van der Waals surface area contributed by atoms with Crippen LogP contribution in [0, 0.1) is 0 Å². The van der Waals surface area contributed by atoms with E-state index in [-0.39, 0.29) is 17.9 Å². The van der Waals surface area contributed by atoms with Crippen LogP contribution >= 0.6 is 0 Å². The van der Waals surface area contributed by atoms with Gasteiger partial charge in [0.15, 0.2) is 5.79 Å². The van der Waals surface area contributed by atoms with E-state index in [4.69, 9.17) is 15.2 Å². The third-order valence-electron chi connectivity index (χ3n) is 3.91. The molecule has 80 valence electrons. The first-order valence-corrected chi connectivity index (χ1v) is 5.90. The van der Waals surface area contributed by atoms with Crippen molar-refractivity contribution < 1.29 is 9.47 Å². The van der Waals surface area contributed by atoms with Gasteiger partial charge in [-0.25, -0.2) is 0 Å². The van der Waals surface area contributed by atoms with Crippen LogP contribution in [0.4, 0.5) is 0 Å². The van der Waals surface area contributed by atoms with Gasteiger partial charge in [0.1, 0.15) is 6.10 Å². The normalized spacial score (nSPS) is 45.6. The summed E-state index contributed by atoms with van der Waals surface area (Å²) >= 11 is 0. The Kier molecular flexibility index (Phi) is 2.08. The van der Waals surface area contributed by atoms with Gasteiger partial charge >= 0.3 is 0 Å². The largest absolute Gasteiger partial charge is 0.344 e. The lowest BCUT2D eigenvalue weighted by Gasteiger charge is -2.33. The second-order valence-corrected chi connectivity index (χ2v) is 4.95. The smallest absolute Gasteiger partial charge is 0.169 e. The predicted molar refractivity (Wildman–Crippen MR) is 52.8 cm³/mol. The van der Waals surface area contributed by atoms with Gasteiger partial charge in [0, 0.05) is 18.9 Å². The van der Waals surface area contributed by atoms with Crippen molar-refractivity contribution in [3.8, 4) is 0 Å². The van der Waals surface area contributed by atoms with Gasteiger partial charge in [0.2, 0.25) is 0 Å². The molecule has 3 fully saturated rings. The quantitative estimate of drug-likeness (QED) is 0.641. The van der Waals surface area contributed by atoms with Gasteiger partial charge in [-0.2, -0.15) is 0 Å². The third-order valence-corrected chi connectivity index (χ3v) is 3.91. The molecule has 3 rings (SSSR count). The van der Waals surface area contributed by atoms with Gasteiger partial charge in [-0.1, -0.05) is 6.42 Å². The zero-order chi connectivity index (χ0) is 9.60. The second kappa shape index (κ2) is 3.19. The first-order valence-electron chi connectivity index (χ1n) is 5.90. The Hall–Kier alpha value is -0.120. The van der Waals surface area contributed by atoms with E-state index in [1.807, 2.05) is 0 Å². The standard InChI is InChI=1S/C11H19NO2/c12-8-4-5-9-10(8)14-11(13-9)6-2-1-3-7-11/h8-10H,1-7,12H2/t8-,9-,10-/m0/s1. The van der Waals surface area contributed by atoms with E-state index in [1.165, 1.54) is 19.3 Å². The molecule has 1 aliphatic heterocycles. The molecule has 3 atom stereocenters. The fourth-order valence-corrected chi connectivity index (χ4v) is 3.13. The maximum atomic E-state index is 6.08. The van der Waals surface area contributed by atoms with Crippen LogP contribution in [-0.2, 0) is 9.47 Å². The van der Waals surface area contributed by atoms with Crippen LogP contribution < -0.4 is 5.73 Å². The zero-order valence-corrected chi connectivity index (χ0v) is 8.58. The fourth-order valence-electron chi connectivity index (χ4n) is 3.13. The molecule has 0 amide bonds. The Balaban J connectivity index is 1.74. The third kappa shape index (κ3) is 1.30. The lowest BCUT2D eigenvalue weighted by atomic mass is 9.94. The summed E-state index contributed by atoms with van der Waals surface area (Å²) < 4.78 is 12.2. The lowest BCUT2D eigenvalue weighted by Crippen LogP contribution is -2.38. The topological polar surface area (TPSA) is 44.5 Å². The summed E-state index contributed by atoms with van der Waals surface area (Å²) in [5, 5.41) is 0. The molecular formula is C11H19NO2. The highest BCUT2D eigenvalue weighted by atomic mass is 16.8. The molecule has 0 bridgehead atoms. The van der Waals surface area contributed by atoms with Gasteiger partial charge in [0.05, 0.1) is 6.10 Å². The molecule has 3 aliphatic rings. The summed E-state index contributed by atoms with van der Waals surface area (Å²) in [5.74, 6) is -0.231. The molecule has 0 unspecified atom stereocenters. The molecule has 1 saturated heterocycles. The average Bonchev–Trinajstić information content (AvgIpc) is 2.68. The molecular weight excluding hydrogens is 178 g/mol. The summed E-state index contributed by atoms with van der Waals surface area (Å²) in [4.78, 5) is 0. The molecule has 0 radical (unpaired) electrons. The van der Waals surface area contributed by atoms with Crippen LogP contribution in [0.25, 0.3) is 0 Å². The highest BCUT2D eigenvalue weighted by molar-refractivity contribution is 4.97. The van der Waals surface area contributed by atoms with Crippen LogP contribution in [0.5, 0.6) is 0 Å². The van der Waals surface area contributed by atoms with Gasteiger partial charge in [-0.3, -0.25) is 0 Å². The van der Waals surface area contributed by atoms with Gasteiger partial charge < -0.3 is 15.2 Å². The Morgan fingerprint density at radius 1 is 1.00 bits per heavy atom.